The molecule has 0 amide bonds. The van der Waals surface area contributed by atoms with Crippen LogP contribution in [0.25, 0.3) is 11.4 Å². The van der Waals surface area contributed by atoms with Crippen LogP contribution >= 0.6 is 0 Å². The van der Waals surface area contributed by atoms with Gasteiger partial charge in [0.15, 0.2) is 5.82 Å². The summed E-state index contributed by atoms with van der Waals surface area (Å²) in [4.78, 5) is 2.35. The molecule has 1 aromatic heterocycles. The van der Waals surface area contributed by atoms with E-state index in [9.17, 15) is 8.42 Å². The Kier molecular flexibility index (Phi) is 6.76. The summed E-state index contributed by atoms with van der Waals surface area (Å²) in [5.41, 5.74) is 4.51. The summed E-state index contributed by atoms with van der Waals surface area (Å²) >= 11 is 0. The van der Waals surface area contributed by atoms with Gasteiger partial charge in [-0.2, -0.15) is 0 Å². The summed E-state index contributed by atoms with van der Waals surface area (Å²) in [6.45, 7) is 13.3. The molecule has 0 aliphatic carbocycles. The molecular weight excluding hydrogens is 388 g/mol. The van der Waals surface area contributed by atoms with Gasteiger partial charge in [-0.05, 0) is 48.9 Å². The van der Waals surface area contributed by atoms with Crippen molar-refractivity contribution < 1.29 is 13.2 Å². The van der Waals surface area contributed by atoms with Crippen LogP contribution in [0.1, 0.15) is 42.9 Å². The number of aromatic nitrogens is 3. The third-order valence-corrected chi connectivity index (χ3v) is 6.45. The highest BCUT2D eigenvalue weighted by Gasteiger charge is 2.23. The summed E-state index contributed by atoms with van der Waals surface area (Å²) in [5, 5.41) is 8.41. The number of morpholine rings is 1. The largest absolute Gasteiger partial charge is 0.379 e. The summed E-state index contributed by atoms with van der Waals surface area (Å²) in [5.74, 6) is 1.01. The second-order valence-electron chi connectivity index (χ2n) is 8.22. The number of sulfone groups is 1. The van der Waals surface area contributed by atoms with Crippen molar-refractivity contribution in [3.63, 3.8) is 0 Å². The van der Waals surface area contributed by atoms with Crippen molar-refractivity contribution in [2.24, 2.45) is 0 Å². The van der Waals surface area contributed by atoms with E-state index in [0.29, 0.717) is 18.3 Å². The molecule has 2 aromatic rings. The molecule has 0 atom stereocenters. The van der Waals surface area contributed by atoms with Crippen LogP contribution in [0.2, 0.25) is 0 Å². The van der Waals surface area contributed by atoms with Crippen molar-refractivity contribution in [2.75, 3.05) is 39.1 Å². The Balaban J connectivity index is 1.95. The van der Waals surface area contributed by atoms with Crippen LogP contribution in [-0.4, -0.2) is 67.2 Å². The van der Waals surface area contributed by atoms with Crippen LogP contribution in [0, 0.1) is 13.8 Å². The first-order valence-electron chi connectivity index (χ1n) is 10.2. The monoisotopic (exact) mass is 420 g/mol. The number of nitrogens with zero attached hydrogens (tertiary/aromatic N) is 4. The SMILES string of the molecule is Cc1cc(C)c(C(C)C)cc1-c1nnc(S(C)(=O)=O)n1CCCN1CCOCC1. The second kappa shape index (κ2) is 8.93. The predicted octanol–water partition coefficient (Wildman–Crippen LogP) is 2.81. The molecule has 2 heterocycles. The van der Waals surface area contributed by atoms with Gasteiger partial charge in [-0.15, -0.1) is 10.2 Å². The first kappa shape index (κ1) is 21.9. The number of rotatable bonds is 7. The van der Waals surface area contributed by atoms with Crippen LogP contribution in [0.15, 0.2) is 17.3 Å². The Hall–Kier alpha value is -1.77. The van der Waals surface area contributed by atoms with E-state index in [4.69, 9.17) is 4.74 Å². The molecule has 160 valence electrons. The molecule has 1 aromatic carbocycles. The van der Waals surface area contributed by atoms with Gasteiger partial charge in [-0.1, -0.05) is 19.9 Å². The summed E-state index contributed by atoms with van der Waals surface area (Å²) in [6, 6.07) is 4.29. The highest BCUT2D eigenvalue weighted by molar-refractivity contribution is 7.90. The van der Waals surface area contributed by atoms with Gasteiger partial charge in [-0.3, -0.25) is 9.47 Å². The Morgan fingerprint density at radius 3 is 2.38 bits per heavy atom. The Morgan fingerprint density at radius 2 is 1.76 bits per heavy atom. The lowest BCUT2D eigenvalue weighted by Gasteiger charge is -2.26. The smallest absolute Gasteiger partial charge is 0.249 e. The van der Waals surface area contributed by atoms with Gasteiger partial charge in [0.05, 0.1) is 13.2 Å². The quantitative estimate of drug-likeness (QED) is 0.685. The van der Waals surface area contributed by atoms with E-state index < -0.39 is 9.84 Å². The van der Waals surface area contributed by atoms with Crippen LogP contribution < -0.4 is 0 Å². The van der Waals surface area contributed by atoms with Crippen LogP contribution in [-0.2, 0) is 21.1 Å². The number of hydrogen-bond donors (Lipinski definition) is 0. The first-order chi connectivity index (χ1) is 13.7. The van der Waals surface area contributed by atoms with Gasteiger partial charge >= 0.3 is 0 Å². The average Bonchev–Trinajstić information content (AvgIpc) is 3.06. The lowest BCUT2D eigenvalue weighted by atomic mass is 9.93. The minimum Gasteiger partial charge on any atom is -0.379 e. The lowest BCUT2D eigenvalue weighted by molar-refractivity contribution is 0.0368. The Labute approximate surface area is 174 Å². The zero-order chi connectivity index (χ0) is 21.2. The van der Waals surface area contributed by atoms with E-state index >= 15 is 0 Å². The highest BCUT2D eigenvalue weighted by Crippen LogP contribution is 2.30. The molecular formula is C21H32N4O3S. The van der Waals surface area contributed by atoms with E-state index in [1.807, 2.05) is 6.92 Å². The fraction of sp³-hybridized carbons (Fsp3) is 0.619. The summed E-state index contributed by atoms with van der Waals surface area (Å²) < 4.78 is 31.8. The Bertz CT molecular complexity index is 961. The van der Waals surface area contributed by atoms with Gasteiger partial charge in [0.1, 0.15) is 0 Å². The van der Waals surface area contributed by atoms with Gasteiger partial charge in [0.25, 0.3) is 0 Å². The van der Waals surface area contributed by atoms with Crippen molar-refractivity contribution in [2.45, 2.75) is 51.7 Å². The molecule has 0 radical (unpaired) electrons. The minimum absolute atomic E-state index is 0.0422. The molecule has 0 N–H and O–H groups in total. The molecule has 1 aliphatic heterocycles. The fourth-order valence-corrected chi connectivity index (χ4v) is 4.74. The van der Waals surface area contributed by atoms with Gasteiger partial charge in [-0.25, -0.2) is 8.42 Å². The molecule has 3 rings (SSSR count). The van der Waals surface area contributed by atoms with E-state index in [-0.39, 0.29) is 5.16 Å². The second-order valence-corrected chi connectivity index (χ2v) is 10.1. The maximum Gasteiger partial charge on any atom is 0.249 e. The number of aryl methyl sites for hydroxylation is 2. The maximum atomic E-state index is 12.3. The Morgan fingerprint density at radius 1 is 1.07 bits per heavy atom. The normalized spacial score (nSPS) is 15.9. The van der Waals surface area contributed by atoms with E-state index in [0.717, 1.165) is 50.4 Å². The van der Waals surface area contributed by atoms with E-state index in [1.54, 1.807) is 4.57 Å². The van der Waals surface area contributed by atoms with Gasteiger partial charge in [0.2, 0.25) is 15.0 Å². The number of ether oxygens (including phenoxy) is 1. The molecule has 1 fully saturated rings. The standard InChI is InChI=1S/C21H32N4O3S/c1-15(2)18-14-19(17(4)13-16(18)3)20-22-23-21(29(5,26)27)25(20)8-6-7-24-9-11-28-12-10-24/h13-15H,6-12H2,1-5H3. The number of hydrogen-bond acceptors (Lipinski definition) is 6. The summed E-state index contributed by atoms with van der Waals surface area (Å²) in [7, 11) is -3.47. The number of benzene rings is 1. The predicted molar refractivity (Wildman–Crippen MR) is 114 cm³/mol. The molecule has 8 heteroatoms. The molecule has 0 unspecified atom stereocenters. The fourth-order valence-electron chi connectivity index (χ4n) is 3.97. The molecule has 0 saturated carbocycles. The molecule has 29 heavy (non-hydrogen) atoms. The van der Waals surface area contributed by atoms with Crippen LogP contribution in [0.3, 0.4) is 0 Å². The third kappa shape index (κ3) is 5.05. The van der Waals surface area contributed by atoms with E-state index in [1.165, 1.54) is 17.4 Å². The van der Waals surface area contributed by atoms with Crippen molar-refractivity contribution in [1.29, 1.82) is 0 Å². The molecule has 0 bridgehead atoms. The van der Waals surface area contributed by atoms with Gasteiger partial charge < -0.3 is 4.74 Å². The van der Waals surface area contributed by atoms with Crippen molar-refractivity contribution >= 4 is 9.84 Å². The summed E-state index contributed by atoms with van der Waals surface area (Å²) in [6.07, 6.45) is 2.02. The zero-order valence-corrected chi connectivity index (χ0v) is 18.9. The minimum atomic E-state index is -3.47. The molecule has 1 aliphatic rings. The maximum absolute atomic E-state index is 12.3. The van der Waals surface area contributed by atoms with Gasteiger partial charge in [0, 0.05) is 38.0 Å². The molecule has 1 saturated heterocycles. The average molecular weight is 421 g/mol. The third-order valence-electron chi connectivity index (χ3n) is 5.48. The molecule has 0 spiro atoms. The lowest BCUT2D eigenvalue weighted by Crippen LogP contribution is -2.37. The van der Waals surface area contributed by atoms with Crippen molar-refractivity contribution in [3.8, 4) is 11.4 Å². The van der Waals surface area contributed by atoms with Crippen molar-refractivity contribution in [1.82, 2.24) is 19.7 Å². The zero-order valence-electron chi connectivity index (χ0n) is 18.1. The highest BCUT2D eigenvalue weighted by atomic mass is 32.2. The topological polar surface area (TPSA) is 77.3 Å². The first-order valence-corrected chi connectivity index (χ1v) is 12.1. The van der Waals surface area contributed by atoms with Crippen LogP contribution in [0.4, 0.5) is 0 Å². The van der Waals surface area contributed by atoms with E-state index in [2.05, 4.69) is 48.0 Å². The van der Waals surface area contributed by atoms with Crippen LogP contribution in [0.5, 0.6) is 0 Å². The molecule has 7 nitrogen and oxygen atoms in total. The van der Waals surface area contributed by atoms with Crippen molar-refractivity contribution in [3.05, 3.63) is 28.8 Å².